The summed E-state index contributed by atoms with van der Waals surface area (Å²) >= 11 is 0. The molecule has 0 aliphatic rings. The molecule has 0 saturated heterocycles. The summed E-state index contributed by atoms with van der Waals surface area (Å²) in [5.74, 6) is 0.340. The maximum absolute atomic E-state index is 12.9. The van der Waals surface area contributed by atoms with Crippen LogP contribution in [0.2, 0.25) is 0 Å². The quantitative estimate of drug-likeness (QED) is 0.0791. The van der Waals surface area contributed by atoms with E-state index in [2.05, 4.69) is 37.2 Å². The van der Waals surface area contributed by atoms with Gasteiger partial charge in [0.05, 0.1) is 25.3 Å². The van der Waals surface area contributed by atoms with Crippen LogP contribution in [0.3, 0.4) is 0 Å². The predicted octanol–water partition coefficient (Wildman–Crippen LogP) is 9.07. The van der Waals surface area contributed by atoms with Gasteiger partial charge in [-0.1, -0.05) is 76.2 Å². The second kappa shape index (κ2) is 15.6. The van der Waals surface area contributed by atoms with Gasteiger partial charge in [-0.2, -0.15) is 0 Å². The highest BCUT2D eigenvalue weighted by atomic mass is 16.7. The van der Waals surface area contributed by atoms with Gasteiger partial charge in [0.1, 0.15) is 23.0 Å². The van der Waals surface area contributed by atoms with Gasteiger partial charge in [0.15, 0.2) is 0 Å². The summed E-state index contributed by atoms with van der Waals surface area (Å²) in [4.78, 5) is 48.5. The van der Waals surface area contributed by atoms with Crippen LogP contribution < -0.4 is 18.9 Å². The van der Waals surface area contributed by atoms with E-state index in [9.17, 15) is 19.2 Å². The number of hydrogen-bond acceptors (Lipinski definition) is 10. The maximum atomic E-state index is 12.9. The second-order valence-electron chi connectivity index (χ2n) is 12.8. The van der Waals surface area contributed by atoms with E-state index >= 15 is 0 Å². The van der Waals surface area contributed by atoms with Crippen LogP contribution in [0.5, 0.6) is 23.0 Å². The van der Waals surface area contributed by atoms with Crippen molar-refractivity contribution in [1.82, 2.24) is 0 Å². The van der Waals surface area contributed by atoms with E-state index in [0.717, 1.165) is 22.3 Å². The van der Waals surface area contributed by atoms with E-state index in [1.807, 2.05) is 48.5 Å². The molecule has 0 atom stereocenters. The molecule has 0 aromatic heterocycles. The molecular weight excluding hydrogens is 664 g/mol. The molecule has 0 bridgehead atoms. The predicted molar refractivity (Wildman–Crippen MR) is 192 cm³/mol. The number of hydrogen-bond donors (Lipinski definition) is 0. The topological polar surface area (TPSA) is 124 Å². The van der Waals surface area contributed by atoms with Crippen LogP contribution in [0.1, 0.15) is 70.7 Å². The van der Waals surface area contributed by atoms with Gasteiger partial charge in [-0.3, -0.25) is 0 Å². The monoisotopic (exact) mass is 702 g/mol. The van der Waals surface area contributed by atoms with E-state index in [1.54, 1.807) is 48.5 Å². The van der Waals surface area contributed by atoms with Crippen LogP contribution in [0.25, 0.3) is 0 Å². The molecule has 266 valence electrons. The van der Waals surface area contributed by atoms with Crippen LogP contribution in [-0.4, -0.2) is 38.5 Å². The number of carbonyl (C=O) groups excluding carboxylic acids is 4. The van der Waals surface area contributed by atoms with E-state index < -0.39 is 35.1 Å². The minimum Gasteiger partial charge on any atom is -0.437 e. The third kappa shape index (κ3) is 8.65. The maximum Gasteiger partial charge on any atom is 0.513 e. The van der Waals surface area contributed by atoms with Gasteiger partial charge in [0.2, 0.25) is 0 Å². The lowest BCUT2D eigenvalue weighted by Gasteiger charge is -2.26. The Labute approximate surface area is 301 Å². The fraction of sp³-hybridized carbons (Fsp3) is 0.190. The van der Waals surface area contributed by atoms with Crippen molar-refractivity contribution in [1.29, 1.82) is 0 Å². The van der Waals surface area contributed by atoms with Crippen LogP contribution in [-0.2, 0) is 20.3 Å². The summed E-state index contributed by atoms with van der Waals surface area (Å²) in [6.07, 6.45) is -1.57. The van der Waals surface area contributed by atoms with Gasteiger partial charge in [0, 0.05) is 10.8 Å². The van der Waals surface area contributed by atoms with Crippen molar-refractivity contribution in [2.45, 2.75) is 38.5 Å². The SMILES string of the molecule is COC(=O)Oc1ccc(C(C)(C)c2ccc(OC(=O)c3ccc(C(=O)Oc4ccc(C(C)(C)c5ccc(OC(=O)OC)cc5)cc4)cc3)cc2)cc1. The summed E-state index contributed by atoms with van der Waals surface area (Å²) < 4.78 is 30.4. The number of methoxy groups -OCH3 is 2. The molecule has 10 heteroatoms. The number of ether oxygens (including phenoxy) is 6. The molecule has 5 aromatic rings. The number of benzene rings is 5. The lowest BCUT2D eigenvalue weighted by molar-refractivity contribution is 0.0720. The van der Waals surface area contributed by atoms with E-state index in [1.165, 1.54) is 38.5 Å². The summed E-state index contributed by atoms with van der Waals surface area (Å²) in [7, 11) is 2.49. The number of esters is 2. The molecule has 0 aliphatic heterocycles. The zero-order valence-corrected chi connectivity index (χ0v) is 29.6. The first-order valence-electron chi connectivity index (χ1n) is 16.3. The Kier molecular flexibility index (Phi) is 11.1. The molecule has 0 saturated carbocycles. The molecule has 0 amide bonds. The molecule has 0 N–H and O–H groups in total. The average Bonchev–Trinajstić information content (AvgIpc) is 3.15. The molecule has 0 radical (unpaired) electrons. The van der Waals surface area contributed by atoms with Crippen LogP contribution in [0.4, 0.5) is 9.59 Å². The fourth-order valence-electron chi connectivity index (χ4n) is 5.44. The summed E-state index contributed by atoms with van der Waals surface area (Å²) in [6, 6.07) is 34.8. The lowest BCUT2D eigenvalue weighted by atomic mass is 9.78. The van der Waals surface area contributed by atoms with Crippen molar-refractivity contribution in [3.05, 3.63) is 155 Å². The highest BCUT2D eigenvalue weighted by Crippen LogP contribution is 2.35. The molecule has 0 spiro atoms. The standard InChI is InChI=1S/C42H38O10/c1-41(2,31-15-23-35(24-16-31)51-39(45)47-5)29-11-19-33(20-12-29)49-37(43)27-7-9-28(10-8-27)38(44)50-34-21-13-30(14-22-34)42(3,4)32-17-25-36(26-18-32)52-40(46)48-6/h7-26H,1-6H3. The van der Waals surface area contributed by atoms with E-state index in [0.29, 0.717) is 23.0 Å². The normalized spacial score (nSPS) is 11.2. The Morgan fingerprint density at radius 1 is 0.365 bits per heavy atom. The molecule has 0 heterocycles. The van der Waals surface area contributed by atoms with Crippen molar-refractivity contribution in [3.63, 3.8) is 0 Å². The molecular formula is C42H38O10. The number of rotatable bonds is 10. The molecule has 10 nitrogen and oxygen atoms in total. The number of carbonyl (C=O) groups is 4. The largest absolute Gasteiger partial charge is 0.513 e. The zero-order valence-electron chi connectivity index (χ0n) is 29.6. The van der Waals surface area contributed by atoms with Gasteiger partial charge in [-0.25, -0.2) is 19.2 Å². The smallest absolute Gasteiger partial charge is 0.437 e. The highest BCUT2D eigenvalue weighted by Gasteiger charge is 2.25. The van der Waals surface area contributed by atoms with Gasteiger partial charge < -0.3 is 28.4 Å². The van der Waals surface area contributed by atoms with E-state index in [4.69, 9.17) is 18.9 Å². The van der Waals surface area contributed by atoms with Crippen LogP contribution >= 0.6 is 0 Å². The molecule has 5 rings (SSSR count). The summed E-state index contributed by atoms with van der Waals surface area (Å²) in [6.45, 7) is 8.23. The molecule has 52 heavy (non-hydrogen) atoms. The van der Waals surface area contributed by atoms with Gasteiger partial charge in [-0.15, -0.1) is 0 Å². The minimum atomic E-state index is -0.786. The van der Waals surface area contributed by atoms with E-state index in [-0.39, 0.29) is 11.1 Å². The van der Waals surface area contributed by atoms with Gasteiger partial charge in [-0.05, 0) is 95.1 Å². The van der Waals surface area contributed by atoms with Crippen molar-refractivity contribution in [3.8, 4) is 23.0 Å². The van der Waals surface area contributed by atoms with Crippen LogP contribution in [0, 0.1) is 0 Å². The fourth-order valence-corrected chi connectivity index (χ4v) is 5.44. The zero-order chi connectivity index (χ0) is 37.5. The Hall–Kier alpha value is -6.42. The van der Waals surface area contributed by atoms with Crippen molar-refractivity contribution in [2.75, 3.05) is 14.2 Å². The molecule has 0 aliphatic carbocycles. The highest BCUT2D eigenvalue weighted by molar-refractivity contribution is 5.95. The third-order valence-electron chi connectivity index (χ3n) is 8.82. The van der Waals surface area contributed by atoms with Gasteiger partial charge in [0.25, 0.3) is 0 Å². The van der Waals surface area contributed by atoms with Gasteiger partial charge >= 0.3 is 24.2 Å². The third-order valence-corrected chi connectivity index (χ3v) is 8.82. The first-order valence-corrected chi connectivity index (χ1v) is 16.3. The van der Waals surface area contributed by atoms with Crippen LogP contribution in [0.15, 0.2) is 121 Å². The summed E-state index contributed by atoms with van der Waals surface area (Å²) in [5, 5.41) is 0. The van der Waals surface area contributed by atoms with Crippen molar-refractivity contribution in [2.24, 2.45) is 0 Å². The van der Waals surface area contributed by atoms with Crippen molar-refractivity contribution < 1.29 is 47.6 Å². The first-order chi connectivity index (χ1) is 24.8. The Morgan fingerprint density at radius 3 is 0.827 bits per heavy atom. The van der Waals surface area contributed by atoms with Crippen molar-refractivity contribution >= 4 is 24.2 Å². The summed E-state index contributed by atoms with van der Waals surface area (Å²) in [5.41, 5.74) is 3.69. The molecule has 0 fully saturated rings. The average molecular weight is 703 g/mol. The minimum absolute atomic E-state index is 0.270. The second-order valence-corrected chi connectivity index (χ2v) is 12.8. The molecule has 0 unspecified atom stereocenters. The Morgan fingerprint density at radius 2 is 0.596 bits per heavy atom. The Bertz CT molecular complexity index is 1880. The molecule has 5 aromatic carbocycles. The first kappa shape index (κ1) is 36.9. The Balaban J connectivity index is 1.16. The lowest BCUT2D eigenvalue weighted by Crippen LogP contribution is -2.19.